The zero-order valence-corrected chi connectivity index (χ0v) is 9.52. The van der Waals surface area contributed by atoms with Crippen LogP contribution in [0.5, 0.6) is 0 Å². The first kappa shape index (κ1) is 12.2. The van der Waals surface area contributed by atoms with Gasteiger partial charge in [-0.25, -0.2) is 0 Å². The van der Waals surface area contributed by atoms with Gasteiger partial charge in [-0.2, -0.15) is 5.10 Å². The summed E-state index contributed by atoms with van der Waals surface area (Å²) >= 11 is 0. The van der Waals surface area contributed by atoms with Crippen molar-refractivity contribution in [2.75, 3.05) is 5.32 Å². The van der Waals surface area contributed by atoms with Gasteiger partial charge in [0.2, 0.25) is 5.91 Å². The molecular formula is C10H15N3O3. The lowest BCUT2D eigenvalue weighted by Crippen LogP contribution is -2.27. The molecule has 0 atom stereocenters. The number of carbonyl (C=O) groups excluding carboxylic acids is 1. The van der Waals surface area contributed by atoms with Crippen LogP contribution in [0.3, 0.4) is 0 Å². The average molecular weight is 225 g/mol. The summed E-state index contributed by atoms with van der Waals surface area (Å²) in [5.74, 6) is -0.772. The van der Waals surface area contributed by atoms with Crippen LogP contribution in [-0.2, 0) is 16.1 Å². The number of carbonyl (C=O) groups is 2. The number of aromatic nitrogens is 2. The molecule has 88 valence electrons. The highest BCUT2D eigenvalue weighted by molar-refractivity contribution is 5.93. The molecule has 16 heavy (non-hydrogen) atoms. The minimum absolute atomic E-state index is 0.159. The molecule has 1 rings (SSSR count). The molecule has 2 N–H and O–H groups in total. The maximum atomic E-state index is 11.6. The molecule has 0 aliphatic rings. The fourth-order valence-corrected chi connectivity index (χ4v) is 0.959. The van der Waals surface area contributed by atoms with Crippen molar-refractivity contribution in [3.05, 3.63) is 12.3 Å². The molecule has 6 nitrogen and oxygen atoms in total. The number of hydrogen-bond donors (Lipinski definition) is 2. The van der Waals surface area contributed by atoms with Gasteiger partial charge in [0.1, 0.15) is 6.54 Å². The van der Waals surface area contributed by atoms with Crippen LogP contribution in [0.2, 0.25) is 0 Å². The van der Waals surface area contributed by atoms with Gasteiger partial charge in [0.15, 0.2) is 5.82 Å². The highest BCUT2D eigenvalue weighted by atomic mass is 16.4. The summed E-state index contributed by atoms with van der Waals surface area (Å²) in [6.07, 6.45) is 1.51. The zero-order valence-electron chi connectivity index (χ0n) is 9.52. The minimum atomic E-state index is -0.975. The summed E-state index contributed by atoms with van der Waals surface area (Å²) < 4.78 is 1.25. The van der Waals surface area contributed by atoms with Gasteiger partial charge < -0.3 is 10.4 Å². The van der Waals surface area contributed by atoms with Gasteiger partial charge >= 0.3 is 5.97 Å². The van der Waals surface area contributed by atoms with Crippen molar-refractivity contribution in [2.45, 2.75) is 27.3 Å². The van der Waals surface area contributed by atoms with Crippen LogP contribution in [0.15, 0.2) is 12.3 Å². The van der Waals surface area contributed by atoms with E-state index < -0.39 is 11.4 Å². The fraction of sp³-hybridized carbons (Fsp3) is 0.500. The average Bonchev–Trinajstić information content (AvgIpc) is 2.49. The summed E-state index contributed by atoms with van der Waals surface area (Å²) in [5.41, 5.74) is -0.503. The molecule has 0 aliphatic carbocycles. The largest absolute Gasteiger partial charge is 0.480 e. The van der Waals surface area contributed by atoms with Crippen molar-refractivity contribution >= 4 is 17.7 Å². The Morgan fingerprint density at radius 2 is 2.12 bits per heavy atom. The van der Waals surface area contributed by atoms with Crippen LogP contribution in [0.1, 0.15) is 20.8 Å². The third kappa shape index (κ3) is 3.38. The summed E-state index contributed by atoms with van der Waals surface area (Å²) in [6.45, 7) is 5.15. The first-order valence-electron chi connectivity index (χ1n) is 4.86. The van der Waals surface area contributed by atoms with Gasteiger partial charge in [0.25, 0.3) is 0 Å². The van der Waals surface area contributed by atoms with Crippen molar-refractivity contribution in [1.82, 2.24) is 9.78 Å². The van der Waals surface area contributed by atoms with E-state index in [0.717, 1.165) is 0 Å². The summed E-state index contributed by atoms with van der Waals surface area (Å²) in [5, 5.41) is 15.1. The van der Waals surface area contributed by atoms with Gasteiger partial charge in [-0.1, -0.05) is 20.8 Å². The van der Waals surface area contributed by atoms with Crippen LogP contribution in [0.25, 0.3) is 0 Å². The highest BCUT2D eigenvalue weighted by Gasteiger charge is 2.21. The zero-order chi connectivity index (χ0) is 12.3. The topological polar surface area (TPSA) is 84.2 Å². The first-order chi connectivity index (χ1) is 7.29. The molecule has 1 heterocycles. The number of anilines is 1. The molecule has 0 fully saturated rings. The van der Waals surface area contributed by atoms with Crippen molar-refractivity contribution < 1.29 is 14.7 Å². The monoisotopic (exact) mass is 225 g/mol. The van der Waals surface area contributed by atoms with E-state index in [4.69, 9.17) is 5.11 Å². The number of amides is 1. The van der Waals surface area contributed by atoms with E-state index in [0.29, 0.717) is 5.82 Å². The molecule has 0 saturated heterocycles. The third-order valence-corrected chi connectivity index (χ3v) is 1.86. The van der Waals surface area contributed by atoms with Crippen LogP contribution in [-0.4, -0.2) is 26.8 Å². The molecule has 0 bridgehead atoms. The minimum Gasteiger partial charge on any atom is -0.480 e. The number of nitrogens with zero attached hydrogens (tertiary/aromatic N) is 2. The highest BCUT2D eigenvalue weighted by Crippen LogP contribution is 2.15. The summed E-state index contributed by atoms with van der Waals surface area (Å²) in [4.78, 5) is 22.0. The van der Waals surface area contributed by atoms with Gasteiger partial charge in [-0.05, 0) is 0 Å². The normalized spacial score (nSPS) is 11.2. The Kier molecular flexibility index (Phi) is 3.31. The van der Waals surface area contributed by atoms with Crippen molar-refractivity contribution in [1.29, 1.82) is 0 Å². The lowest BCUT2D eigenvalue weighted by atomic mass is 9.96. The fourth-order valence-electron chi connectivity index (χ4n) is 0.959. The maximum Gasteiger partial charge on any atom is 0.325 e. The second kappa shape index (κ2) is 4.34. The molecular weight excluding hydrogens is 210 g/mol. The molecule has 0 aromatic carbocycles. The van der Waals surface area contributed by atoms with E-state index in [-0.39, 0.29) is 12.5 Å². The number of hydrogen-bond acceptors (Lipinski definition) is 3. The Morgan fingerprint density at radius 1 is 1.50 bits per heavy atom. The van der Waals surface area contributed by atoms with E-state index >= 15 is 0 Å². The lowest BCUT2D eigenvalue weighted by molar-refractivity contribution is -0.137. The van der Waals surface area contributed by atoms with Gasteiger partial charge in [-0.3, -0.25) is 14.3 Å². The Morgan fingerprint density at radius 3 is 2.62 bits per heavy atom. The van der Waals surface area contributed by atoms with Crippen molar-refractivity contribution in [3.8, 4) is 0 Å². The molecule has 0 spiro atoms. The number of rotatable bonds is 3. The van der Waals surface area contributed by atoms with Crippen LogP contribution >= 0.6 is 0 Å². The number of aliphatic carboxylic acids is 1. The van der Waals surface area contributed by atoms with Gasteiger partial charge in [-0.15, -0.1) is 0 Å². The molecule has 0 unspecified atom stereocenters. The van der Waals surface area contributed by atoms with Crippen LogP contribution in [0, 0.1) is 5.41 Å². The molecule has 1 aromatic heterocycles. The SMILES string of the molecule is CC(C)(C)C(=O)Nc1ccn(CC(=O)O)n1. The van der Waals surface area contributed by atoms with Gasteiger partial charge in [0.05, 0.1) is 0 Å². The lowest BCUT2D eigenvalue weighted by Gasteiger charge is -2.16. The number of nitrogens with one attached hydrogen (secondary N) is 1. The predicted octanol–water partition coefficient (Wildman–Crippen LogP) is 0.952. The molecule has 0 saturated carbocycles. The molecule has 0 aliphatic heterocycles. The molecule has 1 aromatic rings. The molecule has 6 heteroatoms. The predicted molar refractivity (Wildman–Crippen MR) is 57.9 cm³/mol. The molecule has 1 amide bonds. The number of carboxylic acid groups (broad SMARTS) is 1. The molecule has 0 radical (unpaired) electrons. The Bertz CT molecular complexity index is 404. The van der Waals surface area contributed by atoms with E-state index in [1.54, 1.807) is 26.8 Å². The van der Waals surface area contributed by atoms with Crippen LogP contribution < -0.4 is 5.32 Å². The van der Waals surface area contributed by atoms with E-state index in [1.165, 1.54) is 10.9 Å². The van der Waals surface area contributed by atoms with E-state index in [2.05, 4.69) is 10.4 Å². The Balaban J connectivity index is 2.66. The van der Waals surface area contributed by atoms with Crippen molar-refractivity contribution in [2.24, 2.45) is 5.41 Å². The first-order valence-corrected chi connectivity index (χ1v) is 4.86. The second-order valence-electron chi connectivity index (χ2n) is 4.50. The standard InChI is InChI=1S/C10H15N3O3/c1-10(2,3)9(16)11-7-4-5-13(12-7)6-8(14)15/h4-5H,6H2,1-3H3,(H,14,15)(H,11,12,16). The van der Waals surface area contributed by atoms with Gasteiger partial charge in [0, 0.05) is 17.7 Å². The Labute approximate surface area is 93.3 Å². The van der Waals surface area contributed by atoms with E-state index in [9.17, 15) is 9.59 Å². The quantitative estimate of drug-likeness (QED) is 0.802. The number of carboxylic acids is 1. The third-order valence-electron chi connectivity index (χ3n) is 1.86. The summed E-state index contributed by atoms with van der Waals surface area (Å²) in [7, 11) is 0. The smallest absolute Gasteiger partial charge is 0.325 e. The second-order valence-corrected chi connectivity index (χ2v) is 4.50. The Hall–Kier alpha value is -1.85. The van der Waals surface area contributed by atoms with Crippen molar-refractivity contribution in [3.63, 3.8) is 0 Å². The van der Waals surface area contributed by atoms with Crippen LogP contribution in [0.4, 0.5) is 5.82 Å². The summed E-state index contributed by atoms with van der Waals surface area (Å²) in [6, 6.07) is 1.56. The van der Waals surface area contributed by atoms with E-state index in [1.807, 2.05) is 0 Å². The maximum absolute atomic E-state index is 11.6.